The van der Waals surface area contributed by atoms with Crippen molar-refractivity contribution >= 4 is 15.9 Å². The fraction of sp³-hybridized carbons (Fsp3) is 0. The Bertz CT molecular complexity index is 644. The predicted octanol–water partition coefficient (Wildman–Crippen LogP) is 4.77. The van der Waals surface area contributed by atoms with Crippen molar-refractivity contribution in [2.24, 2.45) is 0 Å². The molecule has 0 spiro atoms. The number of oxazole rings is 1. The minimum Gasteiger partial charge on any atom is -0.431 e. The van der Waals surface area contributed by atoms with Gasteiger partial charge in [0.05, 0.1) is 6.20 Å². The summed E-state index contributed by atoms with van der Waals surface area (Å²) in [5, 5.41) is 0. The summed E-state index contributed by atoms with van der Waals surface area (Å²) in [5.41, 5.74) is 3.42. The van der Waals surface area contributed by atoms with Crippen molar-refractivity contribution in [2.45, 2.75) is 0 Å². The molecule has 0 unspecified atom stereocenters. The Hall–Kier alpha value is -1.87. The summed E-state index contributed by atoms with van der Waals surface area (Å²) < 4.78 is 5.42. The number of aromatic nitrogens is 1. The van der Waals surface area contributed by atoms with Crippen molar-refractivity contribution in [3.8, 4) is 22.5 Å². The van der Waals surface area contributed by atoms with Crippen LogP contribution in [-0.2, 0) is 0 Å². The van der Waals surface area contributed by atoms with Gasteiger partial charge in [-0.3, -0.25) is 0 Å². The van der Waals surface area contributed by atoms with Gasteiger partial charge in [0, 0.05) is 21.5 Å². The van der Waals surface area contributed by atoms with Gasteiger partial charge in [-0.05, 0) is 11.1 Å². The van der Waals surface area contributed by atoms with E-state index in [9.17, 15) is 0 Å². The van der Waals surface area contributed by atoms with E-state index in [0.717, 1.165) is 11.3 Å². The molecule has 0 aliphatic heterocycles. The standard InChI is InChI=1S/C15H10BrNO/c16-15-17-10-14(18-15)13-8-6-12(7-9-13)11-4-2-1-3-5-11/h1-10H. The van der Waals surface area contributed by atoms with Crippen LogP contribution in [0.3, 0.4) is 0 Å². The number of halogens is 1. The second-order valence-corrected chi connectivity index (χ2v) is 4.60. The molecule has 1 aromatic heterocycles. The van der Waals surface area contributed by atoms with Gasteiger partial charge in [-0.15, -0.1) is 0 Å². The lowest BCUT2D eigenvalue weighted by molar-refractivity contribution is 0.542. The molecule has 0 fully saturated rings. The largest absolute Gasteiger partial charge is 0.431 e. The van der Waals surface area contributed by atoms with Crippen LogP contribution in [0.2, 0.25) is 0 Å². The first kappa shape index (κ1) is 11.2. The van der Waals surface area contributed by atoms with Gasteiger partial charge in [-0.2, -0.15) is 0 Å². The van der Waals surface area contributed by atoms with Gasteiger partial charge in [-0.25, -0.2) is 4.98 Å². The van der Waals surface area contributed by atoms with E-state index < -0.39 is 0 Å². The SMILES string of the molecule is Brc1ncc(-c2ccc(-c3ccccc3)cc2)o1. The third-order valence-corrected chi connectivity index (χ3v) is 3.12. The van der Waals surface area contributed by atoms with Gasteiger partial charge in [0.1, 0.15) is 0 Å². The summed E-state index contributed by atoms with van der Waals surface area (Å²) in [5.74, 6) is 0.765. The molecule has 18 heavy (non-hydrogen) atoms. The molecule has 0 bridgehead atoms. The van der Waals surface area contributed by atoms with E-state index in [0.29, 0.717) is 4.80 Å². The molecule has 2 aromatic carbocycles. The molecule has 0 saturated heterocycles. The first-order valence-corrected chi connectivity index (χ1v) is 6.39. The van der Waals surface area contributed by atoms with Crippen molar-refractivity contribution in [2.75, 3.05) is 0 Å². The minimum atomic E-state index is 0.504. The van der Waals surface area contributed by atoms with Crippen LogP contribution in [0.1, 0.15) is 0 Å². The first-order valence-electron chi connectivity index (χ1n) is 5.60. The van der Waals surface area contributed by atoms with Gasteiger partial charge in [-0.1, -0.05) is 54.6 Å². The van der Waals surface area contributed by atoms with E-state index >= 15 is 0 Å². The second-order valence-electron chi connectivity index (χ2n) is 3.92. The Balaban J connectivity index is 1.94. The summed E-state index contributed by atoms with van der Waals surface area (Å²) in [7, 11) is 0. The highest BCUT2D eigenvalue weighted by atomic mass is 79.9. The average molecular weight is 300 g/mol. The molecule has 0 saturated carbocycles. The molecule has 0 N–H and O–H groups in total. The van der Waals surface area contributed by atoms with Crippen molar-refractivity contribution in [1.29, 1.82) is 0 Å². The lowest BCUT2D eigenvalue weighted by Crippen LogP contribution is -1.78. The second kappa shape index (κ2) is 4.78. The van der Waals surface area contributed by atoms with Gasteiger partial charge < -0.3 is 4.42 Å². The maximum Gasteiger partial charge on any atom is 0.264 e. The van der Waals surface area contributed by atoms with Gasteiger partial charge in [0.15, 0.2) is 5.76 Å². The van der Waals surface area contributed by atoms with Crippen LogP contribution in [0.15, 0.2) is 70.0 Å². The fourth-order valence-corrected chi connectivity index (χ4v) is 2.12. The van der Waals surface area contributed by atoms with E-state index in [4.69, 9.17) is 4.42 Å². The lowest BCUT2D eigenvalue weighted by Gasteiger charge is -2.02. The Morgan fingerprint density at radius 3 is 2.00 bits per heavy atom. The van der Waals surface area contributed by atoms with Crippen molar-refractivity contribution in [3.05, 3.63) is 65.6 Å². The van der Waals surface area contributed by atoms with E-state index in [1.54, 1.807) is 6.20 Å². The topological polar surface area (TPSA) is 26.0 Å². The van der Waals surface area contributed by atoms with Crippen molar-refractivity contribution in [1.82, 2.24) is 4.98 Å². The number of benzene rings is 2. The monoisotopic (exact) mass is 299 g/mol. The molecule has 1 heterocycles. The van der Waals surface area contributed by atoms with Crippen LogP contribution < -0.4 is 0 Å². The molecule has 3 rings (SSSR count). The highest BCUT2D eigenvalue weighted by molar-refractivity contribution is 9.10. The molecule has 0 radical (unpaired) electrons. The van der Waals surface area contributed by atoms with Crippen LogP contribution >= 0.6 is 15.9 Å². The Morgan fingerprint density at radius 1 is 0.778 bits per heavy atom. The zero-order valence-electron chi connectivity index (χ0n) is 9.51. The third-order valence-electron chi connectivity index (χ3n) is 2.75. The molecule has 0 aliphatic rings. The number of hydrogen-bond donors (Lipinski definition) is 0. The normalized spacial score (nSPS) is 10.5. The Labute approximate surface area is 113 Å². The zero-order chi connectivity index (χ0) is 12.4. The Kier molecular flexibility index (Phi) is 2.99. The van der Waals surface area contributed by atoms with Crippen LogP contribution in [0, 0.1) is 0 Å². The number of nitrogens with zero attached hydrogens (tertiary/aromatic N) is 1. The zero-order valence-corrected chi connectivity index (χ0v) is 11.1. The lowest BCUT2D eigenvalue weighted by atomic mass is 10.0. The summed E-state index contributed by atoms with van der Waals surface area (Å²) in [6.45, 7) is 0. The van der Waals surface area contributed by atoms with E-state index in [1.807, 2.05) is 30.3 Å². The summed E-state index contributed by atoms with van der Waals surface area (Å²) >= 11 is 3.20. The highest BCUT2D eigenvalue weighted by Gasteiger charge is 2.04. The molecule has 0 atom stereocenters. The smallest absolute Gasteiger partial charge is 0.264 e. The Morgan fingerprint density at radius 2 is 1.39 bits per heavy atom. The van der Waals surface area contributed by atoms with E-state index in [1.165, 1.54) is 11.1 Å². The molecule has 88 valence electrons. The molecule has 3 aromatic rings. The fourth-order valence-electron chi connectivity index (χ4n) is 1.84. The van der Waals surface area contributed by atoms with E-state index in [2.05, 4.69) is 45.2 Å². The molecular formula is C15H10BrNO. The maximum atomic E-state index is 5.42. The van der Waals surface area contributed by atoms with Crippen molar-refractivity contribution in [3.63, 3.8) is 0 Å². The average Bonchev–Trinajstić information content (AvgIpc) is 2.87. The summed E-state index contributed by atoms with van der Waals surface area (Å²) in [6.07, 6.45) is 1.71. The number of rotatable bonds is 2. The third kappa shape index (κ3) is 2.22. The van der Waals surface area contributed by atoms with Crippen LogP contribution in [0.4, 0.5) is 0 Å². The summed E-state index contributed by atoms with van der Waals surface area (Å²) in [4.78, 5) is 4.53. The van der Waals surface area contributed by atoms with Crippen LogP contribution in [0.25, 0.3) is 22.5 Å². The van der Waals surface area contributed by atoms with Gasteiger partial charge in [0.2, 0.25) is 0 Å². The first-order chi connectivity index (χ1) is 8.83. The molecule has 0 aliphatic carbocycles. The molecule has 3 heteroatoms. The van der Waals surface area contributed by atoms with Gasteiger partial charge >= 0.3 is 0 Å². The predicted molar refractivity (Wildman–Crippen MR) is 75.1 cm³/mol. The van der Waals surface area contributed by atoms with Crippen LogP contribution in [0.5, 0.6) is 0 Å². The van der Waals surface area contributed by atoms with Crippen molar-refractivity contribution < 1.29 is 4.42 Å². The maximum absolute atomic E-state index is 5.42. The molecule has 0 amide bonds. The van der Waals surface area contributed by atoms with E-state index in [-0.39, 0.29) is 0 Å². The molecular weight excluding hydrogens is 290 g/mol. The van der Waals surface area contributed by atoms with Gasteiger partial charge in [0.25, 0.3) is 4.80 Å². The number of hydrogen-bond acceptors (Lipinski definition) is 2. The summed E-state index contributed by atoms with van der Waals surface area (Å²) in [6, 6.07) is 18.5. The quantitative estimate of drug-likeness (QED) is 0.681. The highest BCUT2D eigenvalue weighted by Crippen LogP contribution is 2.26. The molecule has 2 nitrogen and oxygen atoms in total. The minimum absolute atomic E-state index is 0.504. The van der Waals surface area contributed by atoms with Crippen LogP contribution in [-0.4, -0.2) is 4.98 Å².